The van der Waals surface area contributed by atoms with E-state index in [4.69, 9.17) is 16.3 Å². The number of fused-ring (bicyclic) bond motifs is 1. The van der Waals surface area contributed by atoms with Crippen LogP contribution < -0.4 is 15.4 Å². The first-order valence-corrected chi connectivity index (χ1v) is 10.3. The van der Waals surface area contributed by atoms with Crippen LogP contribution in [0.5, 0.6) is 5.75 Å². The monoisotopic (exact) mass is 414 g/mol. The quantitative estimate of drug-likeness (QED) is 0.553. The van der Waals surface area contributed by atoms with E-state index in [0.717, 1.165) is 35.2 Å². The Morgan fingerprint density at radius 3 is 2.76 bits per heavy atom. The Morgan fingerprint density at radius 2 is 2.00 bits per heavy atom. The number of rotatable bonds is 7. The smallest absolute Gasteiger partial charge is 0.148 e. The average Bonchev–Trinajstić information content (AvgIpc) is 3.23. The molecule has 29 heavy (non-hydrogen) atoms. The third-order valence-electron chi connectivity index (χ3n) is 5.40. The molecule has 7 heteroatoms. The summed E-state index contributed by atoms with van der Waals surface area (Å²) in [4.78, 5) is 8.70. The van der Waals surface area contributed by atoms with E-state index < -0.39 is 5.82 Å². The number of anilines is 2. The number of halogens is 2. The topological polar surface area (TPSA) is 59.1 Å². The summed E-state index contributed by atoms with van der Waals surface area (Å²) in [7, 11) is 1.66. The molecule has 1 aromatic heterocycles. The largest absolute Gasteiger partial charge is 0.496 e. The van der Waals surface area contributed by atoms with Crippen molar-refractivity contribution in [3.8, 4) is 5.75 Å². The van der Waals surface area contributed by atoms with Crippen molar-refractivity contribution in [2.24, 2.45) is 0 Å². The highest BCUT2D eigenvalue weighted by molar-refractivity contribution is 6.30. The maximum absolute atomic E-state index is 14.2. The third-order valence-corrected chi connectivity index (χ3v) is 5.64. The summed E-state index contributed by atoms with van der Waals surface area (Å²) in [5, 5.41) is 7.79. The van der Waals surface area contributed by atoms with Gasteiger partial charge < -0.3 is 15.4 Å². The normalized spacial score (nSPS) is 14.4. The molecule has 2 aromatic carbocycles. The Bertz CT molecular complexity index is 1010. The van der Waals surface area contributed by atoms with Crippen LogP contribution in [-0.4, -0.2) is 29.7 Å². The summed E-state index contributed by atoms with van der Waals surface area (Å²) in [5.41, 5.74) is 2.18. The molecule has 152 valence electrons. The highest BCUT2D eigenvalue weighted by atomic mass is 35.5. The zero-order chi connectivity index (χ0) is 20.2. The lowest BCUT2D eigenvalue weighted by atomic mass is 10.1. The Morgan fingerprint density at radius 1 is 1.17 bits per heavy atom. The standard InChI is InChI=1S/C22H24ClFN4O/c1-29-21-12-17-20(10-14(21)8-9-25-16-4-2-3-5-16)26-13-27-22(17)28-19-7-6-15(23)11-18(19)24/h6-7,10-13,16,25H,2-5,8-9H2,1H3,(H,26,27,28). The van der Waals surface area contributed by atoms with Crippen LogP contribution in [0.2, 0.25) is 5.02 Å². The van der Waals surface area contributed by atoms with Crippen molar-refractivity contribution in [1.82, 2.24) is 15.3 Å². The summed E-state index contributed by atoms with van der Waals surface area (Å²) in [6.45, 7) is 0.901. The van der Waals surface area contributed by atoms with E-state index in [1.165, 1.54) is 38.1 Å². The Hall–Kier alpha value is -2.44. The maximum Gasteiger partial charge on any atom is 0.148 e. The van der Waals surface area contributed by atoms with Crippen molar-refractivity contribution in [2.45, 2.75) is 38.1 Å². The van der Waals surface area contributed by atoms with Gasteiger partial charge in [0.15, 0.2) is 0 Å². The fourth-order valence-electron chi connectivity index (χ4n) is 3.87. The molecule has 1 aliphatic carbocycles. The van der Waals surface area contributed by atoms with Crippen molar-refractivity contribution in [3.05, 3.63) is 53.1 Å². The molecular formula is C22H24ClFN4O. The summed E-state index contributed by atoms with van der Waals surface area (Å²) in [5.74, 6) is 0.858. The van der Waals surface area contributed by atoms with E-state index in [0.29, 0.717) is 22.6 Å². The van der Waals surface area contributed by atoms with E-state index in [-0.39, 0.29) is 0 Å². The minimum absolute atomic E-state index is 0.304. The first-order valence-electron chi connectivity index (χ1n) is 9.91. The van der Waals surface area contributed by atoms with Gasteiger partial charge in [-0.25, -0.2) is 14.4 Å². The zero-order valence-corrected chi connectivity index (χ0v) is 17.1. The van der Waals surface area contributed by atoms with Crippen molar-refractivity contribution in [2.75, 3.05) is 19.0 Å². The predicted molar refractivity (Wildman–Crippen MR) is 115 cm³/mol. The molecule has 4 rings (SSSR count). The second-order valence-corrected chi connectivity index (χ2v) is 7.77. The van der Waals surface area contributed by atoms with Gasteiger partial charge in [-0.1, -0.05) is 24.4 Å². The van der Waals surface area contributed by atoms with Gasteiger partial charge in [0.25, 0.3) is 0 Å². The third kappa shape index (κ3) is 4.60. The lowest BCUT2D eigenvalue weighted by Crippen LogP contribution is -2.28. The van der Waals surface area contributed by atoms with Crippen LogP contribution in [0.25, 0.3) is 10.9 Å². The molecule has 0 spiro atoms. The molecule has 1 fully saturated rings. The van der Waals surface area contributed by atoms with Crippen molar-refractivity contribution < 1.29 is 9.13 Å². The molecule has 5 nitrogen and oxygen atoms in total. The second-order valence-electron chi connectivity index (χ2n) is 7.34. The Labute approximate surface area is 174 Å². The summed E-state index contributed by atoms with van der Waals surface area (Å²) in [6.07, 6.45) is 7.49. The number of methoxy groups -OCH3 is 1. The van der Waals surface area contributed by atoms with Gasteiger partial charge in [-0.2, -0.15) is 0 Å². The van der Waals surface area contributed by atoms with Gasteiger partial charge in [0.1, 0.15) is 23.7 Å². The fourth-order valence-corrected chi connectivity index (χ4v) is 4.03. The predicted octanol–water partition coefficient (Wildman–Crippen LogP) is 5.25. The molecule has 3 aromatic rings. The van der Waals surface area contributed by atoms with Crippen LogP contribution in [0.1, 0.15) is 31.2 Å². The molecule has 0 amide bonds. The molecule has 0 atom stereocenters. The fraction of sp³-hybridized carbons (Fsp3) is 0.364. The van der Waals surface area contributed by atoms with Gasteiger partial charge in [0, 0.05) is 16.5 Å². The van der Waals surface area contributed by atoms with E-state index in [1.807, 2.05) is 12.1 Å². The number of benzene rings is 2. The van der Waals surface area contributed by atoms with E-state index in [2.05, 4.69) is 20.6 Å². The zero-order valence-electron chi connectivity index (χ0n) is 16.3. The lowest BCUT2D eigenvalue weighted by Gasteiger charge is -2.15. The molecule has 0 saturated heterocycles. The van der Waals surface area contributed by atoms with Crippen LogP contribution in [0.3, 0.4) is 0 Å². The lowest BCUT2D eigenvalue weighted by molar-refractivity contribution is 0.409. The summed E-state index contributed by atoms with van der Waals surface area (Å²) < 4.78 is 19.8. The van der Waals surface area contributed by atoms with Gasteiger partial charge in [0.2, 0.25) is 0 Å². The molecule has 0 unspecified atom stereocenters. The number of hydrogen-bond acceptors (Lipinski definition) is 5. The SMILES string of the molecule is COc1cc2c(Nc3ccc(Cl)cc3F)ncnc2cc1CCNC1CCCC1. The number of nitrogens with zero attached hydrogens (tertiary/aromatic N) is 2. The van der Waals surface area contributed by atoms with Gasteiger partial charge in [-0.15, -0.1) is 0 Å². The van der Waals surface area contributed by atoms with Crippen molar-refractivity contribution in [1.29, 1.82) is 0 Å². The molecule has 1 aliphatic rings. The minimum atomic E-state index is -0.439. The van der Waals surface area contributed by atoms with Gasteiger partial charge in [-0.3, -0.25) is 0 Å². The number of ether oxygens (including phenoxy) is 1. The van der Waals surface area contributed by atoms with Crippen molar-refractivity contribution in [3.63, 3.8) is 0 Å². The molecule has 1 heterocycles. The summed E-state index contributed by atoms with van der Waals surface area (Å²) in [6, 6.07) is 9.06. The van der Waals surface area contributed by atoms with Gasteiger partial charge >= 0.3 is 0 Å². The Kier molecular flexibility index (Phi) is 6.11. The van der Waals surface area contributed by atoms with Crippen LogP contribution in [0.4, 0.5) is 15.9 Å². The highest BCUT2D eigenvalue weighted by Gasteiger charge is 2.15. The molecule has 0 radical (unpaired) electrons. The number of nitrogens with one attached hydrogen (secondary N) is 2. The molecular weight excluding hydrogens is 391 g/mol. The van der Waals surface area contributed by atoms with Crippen LogP contribution >= 0.6 is 11.6 Å². The highest BCUT2D eigenvalue weighted by Crippen LogP contribution is 2.31. The minimum Gasteiger partial charge on any atom is -0.496 e. The molecule has 0 bridgehead atoms. The average molecular weight is 415 g/mol. The molecule has 1 saturated carbocycles. The van der Waals surface area contributed by atoms with Crippen LogP contribution in [0, 0.1) is 5.82 Å². The molecule has 2 N–H and O–H groups in total. The second kappa shape index (κ2) is 8.93. The summed E-state index contributed by atoms with van der Waals surface area (Å²) >= 11 is 5.84. The van der Waals surface area contributed by atoms with E-state index in [1.54, 1.807) is 19.2 Å². The molecule has 0 aliphatic heterocycles. The van der Waals surface area contributed by atoms with E-state index >= 15 is 0 Å². The van der Waals surface area contributed by atoms with Crippen LogP contribution in [0.15, 0.2) is 36.7 Å². The van der Waals surface area contributed by atoms with Crippen LogP contribution in [-0.2, 0) is 6.42 Å². The Balaban J connectivity index is 1.58. The van der Waals surface area contributed by atoms with Gasteiger partial charge in [-0.05, 0) is 61.7 Å². The maximum atomic E-state index is 14.2. The number of hydrogen-bond donors (Lipinski definition) is 2. The van der Waals surface area contributed by atoms with Gasteiger partial charge in [0.05, 0.1) is 18.3 Å². The van der Waals surface area contributed by atoms with E-state index in [9.17, 15) is 4.39 Å². The number of aromatic nitrogens is 2. The first kappa shape index (κ1) is 19.9. The van der Waals surface area contributed by atoms with Crippen molar-refractivity contribution >= 4 is 34.0 Å². The first-order chi connectivity index (χ1) is 14.1.